The summed E-state index contributed by atoms with van der Waals surface area (Å²) in [5, 5.41) is 0. The molecule has 0 bridgehead atoms. The zero-order chi connectivity index (χ0) is 7.98. The molecule has 0 spiro atoms. The zero-order valence-corrected chi connectivity index (χ0v) is 7.05. The minimum Gasteiger partial charge on any atom is -0.380 e. The Morgan fingerprint density at radius 1 is 1.60 bits per heavy atom. The molecule has 0 aromatic rings. The molecular weight excluding hydrogens is 128 g/mol. The molecule has 0 aromatic carbocycles. The van der Waals surface area contributed by atoms with E-state index >= 15 is 0 Å². The van der Waals surface area contributed by atoms with Gasteiger partial charge in [-0.3, -0.25) is 11.3 Å². The van der Waals surface area contributed by atoms with Crippen LogP contribution in [0.3, 0.4) is 0 Å². The van der Waals surface area contributed by atoms with E-state index in [4.69, 9.17) is 10.6 Å². The Hall–Kier alpha value is -0.120. The van der Waals surface area contributed by atoms with Crippen LogP contribution >= 0.6 is 0 Å². The summed E-state index contributed by atoms with van der Waals surface area (Å²) >= 11 is 0. The van der Waals surface area contributed by atoms with Crippen LogP contribution in [0.2, 0.25) is 0 Å². The summed E-state index contributed by atoms with van der Waals surface area (Å²) in [6, 6.07) is 0.241. The van der Waals surface area contributed by atoms with Gasteiger partial charge in [-0.1, -0.05) is 13.3 Å². The van der Waals surface area contributed by atoms with Crippen LogP contribution in [-0.2, 0) is 4.74 Å². The van der Waals surface area contributed by atoms with E-state index in [2.05, 4.69) is 12.3 Å². The predicted octanol–water partition coefficient (Wildman–Crippen LogP) is 0.653. The van der Waals surface area contributed by atoms with Crippen LogP contribution in [0.15, 0.2) is 0 Å². The van der Waals surface area contributed by atoms with Gasteiger partial charge in [-0.25, -0.2) is 0 Å². The minimum absolute atomic E-state index is 0.241. The van der Waals surface area contributed by atoms with E-state index in [0.717, 1.165) is 12.8 Å². The standard InChI is InChI=1S/C7H18N2O/c1-4-5-7(10-3)6(2)9-8/h6-7,9H,4-5,8H2,1-3H3. The Kier molecular flexibility index (Phi) is 5.58. The summed E-state index contributed by atoms with van der Waals surface area (Å²) in [6.45, 7) is 4.15. The molecule has 0 radical (unpaired) electrons. The lowest BCUT2D eigenvalue weighted by Crippen LogP contribution is -2.42. The van der Waals surface area contributed by atoms with E-state index in [1.165, 1.54) is 0 Å². The number of hydrazine groups is 1. The molecule has 0 heterocycles. The average Bonchev–Trinajstić information content (AvgIpc) is 1.99. The van der Waals surface area contributed by atoms with Crippen molar-refractivity contribution in [2.24, 2.45) is 5.84 Å². The van der Waals surface area contributed by atoms with Crippen LogP contribution in [0.5, 0.6) is 0 Å². The first-order valence-electron chi connectivity index (χ1n) is 3.75. The quantitative estimate of drug-likeness (QED) is 0.442. The fourth-order valence-corrected chi connectivity index (χ4v) is 0.964. The number of hydrogen-bond acceptors (Lipinski definition) is 3. The summed E-state index contributed by atoms with van der Waals surface area (Å²) < 4.78 is 5.20. The molecule has 0 aromatic heterocycles. The molecule has 2 unspecified atom stereocenters. The van der Waals surface area contributed by atoms with Crippen molar-refractivity contribution < 1.29 is 4.74 Å². The van der Waals surface area contributed by atoms with Crippen molar-refractivity contribution in [3.63, 3.8) is 0 Å². The van der Waals surface area contributed by atoms with Gasteiger partial charge in [0, 0.05) is 13.2 Å². The highest BCUT2D eigenvalue weighted by atomic mass is 16.5. The maximum Gasteiger partial charge on any atom is 0.0734 e. The Labute approximate surface area is 62.9 Å². The Morgan fingerprint density at radius 3 is 2.50 bits per heavy atom. The molecule has 62 valence electrons. The van der Waals surface area contributed by atoms with E-state index in [9.17, 15) is 0 Å². The number of ether oxygens (including phenoxy) is 1. The van der Waals surface area contributed by atoms with Crippen molar-refractivity contribution in [1.82, 2.24) is 5.43 Å². The summed E-state index contributed by atoms with van der Waals surface area (Å²) in [5.74, 6) is 5.25. The molecule has 0 aliphatic rings. The number of methoxy groups -OCH3 is 1. The van der Waals surface area contributed by atoms with Crippen LogP contribution in [-0.4, -0.2) is 19.3 Å². The Balaban J connectivity index is 3.56. The zero-order valence-electron chi connectivity index (χ0n) is 7.05. The van der Waals surface area contributed by atoms with Gasteiger partial charge in [0.25, 0.3) is 0 Å². The molecular formula is C7H18N2O. The summed E-state index contributed by atoms with van der Waals surface area (Å²) in [7, 11) is 1.72. The first-order chi connectivity index (χ1) is 4.76. The van der Waals surface area contributed by atoms with Gasteiger partial charge in [0.2, 0.25) is 0 Å². The fourth-order valence-electron chi connectivity index (χ4n) is 0.964. The second-order valence-corrected chi connectivity index (χ2v) is 2.52. The van der Waals surface area contributed by atoms with Crippen LogP contribution in [0, 0.1) is 0 Å². The lowest BCUT2D eigenvalue weighted by molar-refractivity contribution is 0.0664. The van der Waals surface area contributed by atoms with Gasteiger partial charge in [-0.05, 0) is 13.3 Å². The molecule has 2 atom stereocenters. The minimum atomic E-state index is 0.241. The lowest BCUT2D eigenvalue weighted by Gasteiger charge is -2.20. The second kappa shape index (κ2) is 5.65. The molecule has 0 aliphatic carbocycles. The van der Waals surface area contributed by atoms with Crippen molar-refractivity contribution in [2.75, 3.05) is 7.11 Å². The number of hydrogen-bond donors (Lipinski definition) is 2. The van der Waals surface area contributed by atoms with E-state index in [0.29, 0.717) is 0 Å². The van der Waals surface area contributed by atoms with Crippen LogP contribution in [0.4, 0.5) is 0 Å². The van der Waals surface area contributed by atoms with Gasteiger partial charge in [0.1, 0.15) is 0 Å². The molecule has 3 N–H and O–H groups in total. The van der Waals surface area contributed by atoms with Gasteiger partial charge in [0.15, 0.2) is 0 Å². The monoisotopic (exact) mass is 146 g/mol. The second-order valence-electron chi connectivity index (χ2n) is 2.52. The normalized spacial score (nSPS) is 16.8. The Morgan fingerprint density at radius 2 is 2.20 bits per heavy atom. The van der Waals surface area contributed by atoms with Gasteiger partial charge in [0.05, 0.1) is 6.10 Å². The average molecular weight is 146 g/mol. The van der Waals surface area contributed by atoms with Crippen molar-refractivity contribution >= 4 is 0 Å². The fraction of sp³-hybridized carbons (Fsp3) is 1.00. The van der Waals surface area contributed by atoms with Crippen molar-refractivity contribution in [2.45, 2.75) is 38.8 Å². The van der Waals surface area contributed by atoms with Crippen LogP contribution in [0.25, 0.3) is 0 Å². The molecule has 10 heavy (non-hydrogen) atoms. The van der Waals surface area contributed by atoms with E-state index < -0.39 is 0 Å². The maximum atomic E-state index is 5.25. The molecule has 3 nitrogen and oxygen atoms in total. The van der Waals surface area contributed by atoms with Crippen molar-refractivity contribution in [3.8, 4) is 0 Å². The number of nitrogens with one attached hydrogen (secondary N) is 1. The highest BCUT2D eigenvalue weighted by molar-refractivity contribution is 4.68. The van der Waals surface area contributed by atoms with Crippen LogP contribution in [0.1, 0.15) is 26.7 Å². The predicted molar refractivity (Wildman–Crippen MR) is 42.5 cm³/mol. The lowest BCUT2D eigenvalue weighted by atomic mass is 10.1. The van der Waals surface area contributed by atoms with Gasteiger partial charge in [-0.2, -0.15) is 0 Å². The van der Waals surface area contributed by atoms with Crippen LogP contribution < -0.4 is 11.3 Å². The van der Waals surface area contributed by atoms with Gasteiger partial charge < -0.3 is 4.74 Å². The van der Waals surface area contributed by atoms with Crippen molar-refractivity contribution in [1.29, 1.82) is 0 Å². The maximum absolute atomic E-state index is 5.25. The number of rotatable bonds is 5. The first kappa shape index (κ1) is 9.88. The third kappa shape index (κ3) is 3.15. The van der Waals surface area contributed by atoms with Crippen molar-refractivity contribution in [3.05, 3.63) is 0 Å². The Bertz CT molecular complexity index is 78.0. The molecule has 0 fully saturated rings. The summed E-state index contributed by atoms with van der Waals surface area (Å²) in [6.07, 6.45) is 2.43. The molecule has 0 aliphatic heterocycles. The molecule has 3 heteroatoms. The highest BCUT2D eigenvalue weighted by Gasteiger charge is 2.12. The van der Waals surface area contributed by atoms with E-state index in [-0.39, 0.29) is 12.1 Å². The SMILES string of the molecule is CCCC(OC)C(C)NN. The largest absolute Gasteiger partial charge is 0.380 e. The smallest absolute Gasteiger partial charge is 0.0734 e. The molecule has 0 saturated heterocycles. The third-order valence-electron chi connectivity index (χ3n) is 1.70. The number of nitrogens with two attached hydrogens (primary N) is 1. The summed E-state index contributed by atoms with van der Waals surface area (Å²) in [5.41, 5.74) is 2.68. The van der Waals surface area contributed by atoms with Gasteiger partial charge >= 0.3 is 0 Å². The molecule has 0 amide bonds. The van der Waals surface area contributed by atoms with Gasteiger partial charge in [-0.15, -0.1) is 0 Å². The molecule has 0 saturated carbocycles. The topological polar surface area (TPSA) is 47.3 Å². The third-order valence-corrected chi connectivity index (χ3v) is 1.70. The van der Waals surface area contributed by atoms with E-state index in [1.807, 2.05) is 6.92 Å². The highest BCUT2D eigenvalue weighted by Crippen LogP contribution is 2.04. The van der Waals surface area contributed by atoms with E-state index in [1.54, 1.807) is 7.11 Å². The molecule has 0 rings (SSSR count). The first-order valence-corrected chi connectivity index (χ1v) is 3.75. The summed E-state index contributed by atoms with van der Waals surface area (Å²) in [4.78, 5) is 0.